The number of hydrogen-bond acceptors (Lipinski definition) is 2. The van der Waals surface area contributed by atoms with Crippen molar-refractivity contribution in [2.24, 2.45) is 0 Å². The zero-order chi connectivity index (χ0) is 19.2. The molecule has 0 bridgehead atoms. The predicted molar refractivity (Wildman–Crippen MR) is 128 cm³/mol. The Kier molecular flexibility index (Phi) is 7.41. The molecule has 31 heavy (non-hydrogen) atoms. The largest absolute Gasteiger partial charge is 1.00 e. The van der Waals surface area contributed by atoms with Gasteiger partial charge in [-0.3, -0.25) is 0 Å². The fourth-order valence-corrected chi connectivity index (χ4v) is 19.5. The maximum atomic E-state index is 3.35. The molecule has 0 radical (unpaired) electrons. The van der Waals surface area contributed by atoms with Gasteiger partial charge >= 0.3 is 185 Å². The molecule has 0 spiro atoms. The van der Waals surface area contributed by atoms with Gasteiger partial charge in [0.1, 0.15) is 0 Å². The fourth-order valence-electron chi connectivity index (χ4n) is 4.68. The summed E-state index contributed by atoms with van der Waals surface area (Å²) in [6, 6.07) is 18.3. The standard InChI is InChI=1S/2C12H11NP.2ClH.Hf/c2*1-2-4-11-8-12(7-10(11)3-1)14-6-5-13-9-14;;;/h2*1-9,13-14H;2*1H;/q;;;;+2/p-2. The van der Waals surface area contributed by atoms with Crippen LogP contribution in [0.3, 0.4) is 0 Å². The second-order valence-corrected chi connectivity index (χ2v) is 17.3. The quantitative estimate of drug-likeness (QED) is 0.341. The molecular formula is C24H22Cl2HfN2P2. The van der Waals surface area contributed by atoms with E-state index in [0.717, 1.165) is 0 Å². The van der Waals surface area contributed by atoms with Crippen LogP contribution in [0.25, 0.3) is 12.2 Å². The van der Waals surface area contributed by atoms with Gasteiger partial charge < -0.3 is 24.8 Å². The van der Waals surface area contributed by atoms with Crippen LogP contribution in [0.4, 0.5) is 0 Å². The molecule has 0 saturated heterocycles. The number of fused-ring (bicyclic) bond motifs is 2. The number of rotatable bonds is 4. The molecule has 2 aromatic carbocycles. The summed E-state index contributed by atoms with van der Waals surface area (Å²) < 4.78 is 1.39. The first-order chi connectivity index (χ1) is 14.4. The second kappa shape index (κ2) is 9.90. The normalized spacial score (nSPS) is 25.9. The number of halogens is 2. The van der Waals surface area contributed by atoms with Crippen LogP contribution in [0.2, 0.25) is 0 Å². The van der Waals surface area contributed by atoms with Crippen LogP contribution in [0, 0.1) is 0 Å². The molecule has 0 saturated carbocycles. The third-order valence-electron chi connectivity index (χ3n) is 6.05. The minimum Gasteiger partial charge on any atom is -1.00 e. The first-order valence-corrected chi connectivity index (χ1v) is 17.5. The van der Waals surface area contributed by atoms with Crippen LogP contribution < -0.4 is 35.4 Å². The summed E-state index contributed by atoms with van der Waals surface area (Å²) in [7, 11) is -1.42. The monoisotopic (exact) mass is 650 g/mol. The van der Waals surface area contributed by atoms with E-state index in [-0.39, 0.29) is 24.8 Å². The Labute approximate surface area is 208 Å². The molecule has 0 fully saturated rings. The van der Waals surface area contributed by atoms with E-state index in [0.29, 0.717) is 7.35 Å². The van der Waals surface area contributed by atoms with Gasteiger partial charge in [0, 0.05) is 0 Å². The number of hydrogen-bond donors (Lipinski definition) is 2. The molecule has 7 heteroatoms. The first kappa shape index (κ1) is 23.2. The van der Waals surface area contributed by atoms with E-state index < -0.39 is 38.0 Å². The van der Waals surface area contributed by atoms with E-state index in [1.54, 1.807) is 21.8 Å². The Balaban J connectivity index is 0.00000116. The Morgan fingerprint density at radius 3 is 1.52 bits per heavy atom. The minimum absolute atomic E-state index is 0. The summed E-state index contributed by atoms with van der Waals surface area (Å²) in [6.07, 6.45) is 9.32. The SMILES string of the molecule is C1=C[PH](C2=Cc3ccccc3[CH]2[Hf+2][CH]2C([PH]3=CNC=C3)=Cc3ccccc32)=CN1.[Cl-].[Cl-]. The van der Waals surface area contributed by atoms with Gasteiger partial charge in [-0.1, -0.05) is 0 Å². The molecule has 0 amide bonds. The zero-order valence-electron chi connectivity index (χ0n) is 16.6. The van der Waals surface area contributed by atoms with E-state index in [4.69, 9.17) is 0 Å². The molecule has 6 rings (SSSR count). The average molecular weight is 650 g/mol. The topological polar surface area (TPSA) is 24.1 Å². The molecule has 4 unspecified atom stereocenters. The van der Waals surface area contributed by atoms with Crippen molar-refractivity contribution in [1.29, 1.82) is 0 Å². The Morgan fingerprint density at radius 1 is 0.645 bits per heavy atom. The van der Waals surface area contributed by atoms with Crippen LogP contribution in [0.15, 0.2) is 83.2 Å². The zero-order valence-corrected chi connectivity index (χ0v) is 23.8. The molecular weight excluding hydrogens is 628 g/mol. The maximum absolute atomic E-state index is 3.35. The van der Waals surface area contributed by atoms with Gasteiger partial charge in [0.25, 0.3) is 0 Å². The first-order valence-electron chi connectivity index (χ1n) is 10.0. The van der Waals surface area contributed by atoms with Crippen LogP contribution >= 0.6 is 15.1 Å². The number of nitrogens with one attached hydrogen (secondary N) is 2. The Bertz CT molecular complexity index is 1120. The Hall–Kier alpha value is -0.950. The summed E-state index contributed by atoms with van der Waals surface area (Å²) >= 11 is -1.12. The van der Waals surface area contributed by atoms with Gasteiger partial charge in [0.2, 0.25) is 0 Å². The van der Waals surface area contributed by atoms with Gasteiger partial charge in [-0.05, 0) is 0 Å². The second-order valence-electron chi connectivity index (χ2n) is 7.69. The molecule has 4 atom stereocenters. The van der Waals surface area contributed by atoms with Crippen molar-refractivity contribution in [2.75, 3.05) is 0 Å². The van der Waals surface area contributed by atoms with Crippen LogP contribution in [0.5, 0.6) is 0 Å². The summed E-state index contributed by atoms with van der Waals surface area (Å²) in [6.45, 7) is 0. The average Bonchev–Trinajstić information content (AvgIpc) is 3.55. The van der Waals surface area contributed by atoms with E-state index in [2.05, 4.69) is 107 Å². The fraction of sp³-hybridized carbons (Fsp3) is 0.0833. The number of benzene rings is 2. The van der Waals surface area contributed by atoms with Crippen molar-refractivity contribution in [2.45, 2.75) is 7.35 Å². The summed E-state index contributed by atoms with van der Waals surface area (Å²) in [4.78, 5) is 0. The van der Waals surface area contributed by atoms with E-state index >= 15 is 0 Å². The Morgan fingerprint density at radius 2 is 1.10 bits per heavy atom. The summed E-state index contributed by atoms with van der Waals surface area (Å²) in [5.41, 5.74) is 6.13. The molecule has 2 aliphatic heterocycles. The molecule has 2 heterocycles. The summed E-state index contributed by atoms with van der Waals surface area (Å²) in [5.74, 6) is 9.54. The van der Waals surface area contributed by atoms with Crippen LogP contribution in [-0.2, 0) is 22.9 Å². The minimum atomic E-state index is -1.12. The van der Waals surface area contributed by atoms with Crippen LogP contribution in [0.1, 0.15) is 29.6 Å². The molecule has 2 N–H and O–H groups in total. The molecule has 2 aromatic rings. The van der Waals surface area contributed by atoms with Gasteiger partial charge in [-0.15, -0.1) is 0 Å². The van der Waals surface area contributed by atoms with Crippen molar-refractivity contribution < 1.29 is 47.7 Å². The van der Waals surface area contributed by atoms with Gasteiger partial charge in [0.05, 0.1) is 0 Å². The smallest absolute Gasteiger partial charge is 1.00 e. The predicted octanol–water partition coefficient (Wildman–Crippen LogP) is -0.635. The molecule has 156 valence electrons. The van der Waals surface area contributed by atoms with Crippen molar-refractivity contribution in [3.05, 3.63) is 105 Å². The van der Waals surface area contributed by atoms with E-state index in [1.165, 1.54) is 11.1 Å². The molecule has 2 aliphatic carbocycles. The van der Waals surface area contributed by atoms with Crippen molar-refractivity contribution >= 4 is 39.1 Å². The third-order valence-corrected chi connectivity index (χ3v) is 19.2. The van der Waals surface area contributed by atoms with Gasteiger partial charge in [-0.2, -0.15) is 0 Å². The van der Waals surface area contributed by atoms with E-state index in [9.17, 15) is 0 Å². The van der Waals surface area contributed by atoms with Crippen molar-refractivity contribution in [1.82, 2.24) is 10.6 Å². The van der Waals surface area contributed by atoms with Gasteiger partial charge in [-0.25, -0.2) is 0 Å². The van der Waals surface area contributed by atoms with Crippen molar-refractivity contribution in [3.8, 4) is 0 Å². The molecule has 4 aliphatic rings. The van der Waals surface area contributed by atoms with Crippen LogP contribution in [-0.4, -0.2) is 11.8 Å². The van der Waals surface area contributed by atoms with E-state index in [1.807, 2.05) is 0 Å². The van der Waals surface area contributed by atoms with Crippen molar-refractivity contribution in [3.63, 3.8) is 0 Å². The molecule has 2 nitrogen and oxygen atoms in total. The van der Waals surface area contributed by atoms with Gasteiger partial charge in [0.15, 0.2) is 0 Å². The summed E-state index contributed by atoms with van der Waals surface area (Å²) in [5, 5.41) is 10.1. The maximum Gasteiger partial charge on any atom is -1.00 e. The molecule has 0 aromatic heterocycles. The third kappa shape index (κ3) is 4.21. The number of allylic oxidation sites excluding steroid dienone is 2.